The maximum Gasteiger partial charge on any atom is 0.313 e. The molecule has 10 nitrogen and oxygen atoms in total. The van der Waals surface area contributed by atoms with E-state index >= 15 is 0 Å². The number of alkyl halides is 1. The average Bonchev–Trinajstić information content (AvgIpc) is 3.60. The van der Waals surface area contributed by atoms with Gasteiger partial charge in [0.05, 0.1) is 24.5 Å². The fourth-order valence-corrected chi connectivity index (χ4v) is 7.75. The van der Waals surface area contributed by atoms with Crippen molar-refractivity contribution >= 4 is 39.6 Å². The highest BCUT2D eigenvalue weighted by molar-refractivity contribution is 9.09. The van der Waals surface area contributed by atoms with Gasteiger partial charge in [0.25, 0.3) is 0 Å². The first-order valence-corrected chi connectivity index (χ1v) is 16.3. The molecule has 0 radical (unpaired) electrons. The van der Waals surface area contributed by atoms with Crippen LogP contribution in [0, 0.1) is 11.8 Å². The van der Waals surface area contributed by atoms with Gasteiger partial charge < -0.3 is 29.7 Å². The predicted molar refractivity (Wildman–Crippen MR) is 168 cm³/mol. The molecule has 240 valence electrons. The average molecular weight is 675 g/mol. The maximum atomic E-state index is 14.2. The highest BCUT2D eigenvalue weighted by atomic mass is 79.9. The zero-order valence-electron chi connectivity index (χ0n) is 25.5. The van der Waals surface area contributed by atoms with Crippen molar-refractivity contribution in [3.63, 3.8) is 0 Å². The zero-order chi connectivity index (χ0) is 32.0. The number of rotatable bonds is 16. The van der Waals surface area contributed by atoms with E-state index in [-0.39, 0.29) is 54.7 Å². The number of esters is 1. The lowest BCUT2D eigenvalue weighted by atomic mass is 9.70. The Kier molecular flexibility index (Phi) is 11.4. The first-order chi connectivity index (χ1) is 21.1. The van der Waals surface area contributed by atoms with E-state index in [2.05, 4.69) is 34.4 Å². The van der Waals surface area contributed by atoms with E-state index in [9.17, 15) is 24.3 Å². The van der Waals surface area contributed by atoms with Crippen molar-refractivity contribution in [1.82, 2.24) is 15.1 Å². The molecule has 0 aromatic heterocycles. The summed E-state index contributed by atoms with van der Waals surface area (Å²) in [5.74, 6) is -3.23. The number of benzene rings is 1. The van der Waals surface area contributed by atoms with Crippen LogP contribution in [-0.4, -0.2) is 93.5 Å². The molecule has 3 saturated heterocycles. The lowest BCUT2D eigenvalue weighted by molar-refractivity contribution is -0.160. The smallest absolute Gasteiger partial charge is 0.313 e. The van der Waals surface area contributed by atoms with Crippen molar-refractivity contribution in [2.24, 2.45) is 11.8 Å². The van der Waals surface area contributed by atoms with Crippen molar-refractivity contribution in [2.75, 3.05) is 26.2 Å². The minimum atomic E-state index is -1.22. The standard InChI is InChI=1S/C33H44BrN3O7/c1-5-7-15-25(39)35-20-24(22-13-9-8-10-14-22)43-32(42)26-27-30(40)37(17-11-12-18-38)29(31(41)36(16-6-2)21(3)4)33(27)19-23(34)28(26)44-33/h5-6,8-10,13-14,21,23-24,26-29,38H,1-2,7,11-12,15-20H2,3-4H3,(H,35,39)/t23?,24-,26-,27+,28-,29-,33+/m0/s1. The molecule has 44 heavy (non-hydrogen) atoms. The van der Waals surface area contributed by atoms with E-state index in [1.54, 1.807) is 22.0 Å². The number of halogens is 1. The van der Waals surface area contributed by atoms with Gasteiger partial charge in [-0.1, -0.05) is 58.4 Å². The van der Waals surface area contributed by atoms with E-state index in [1.165, 1.54) is 0 Å². The highest BCUT2D eigenvalue weighted by Crippen LogP contribution is 2.60. The molecule has 1 aromatic rings. The number of nitrogens with zero attached hydrogens (tertiary/aromatic N) is 2. The fourth-order valence-electron chi connectivity index (χ4n) is 6.81. The summed E-state index contributed by atoms with van der Waals surface area (Å²) in [6, 6.07) is 8.04. The van der Waals surface area contributed by atoms with Gasteiger partial charge in [-0.25, -0.2) is 0 Å². The van der Waals surface area contributed by atoms with Crippen molar-refractivity contribution in [2.45, 2.75) is 80.7 Å². The normalized spacial score (nSPS) is 27.6. The summed E-state index contributed by atoms with van der Waals surface area (Å²) < 4.78 is 12.7. The topological polar surface area (TPSA) is 125 Å². The van der Waals surface area contributed by atoms with Gasteiger partial charge in [-0.3, -0.25) is 19.2 Å². The third kappa shape index (κ3) is 6.65. The van der Waals surface area contributed by atoms with Gasteiger partial charge in [0, 0.05) is 37.0 Å². The maximum absolute atomic E-state index is 14.2. The minimum absolute atomic E-state index is 0.0359. The van der Waals surface area contributed by atoms with Crippen LogP contribution in [0.4, 0.5) is 0 Å². The van der Waals surface area contributed by atoms with Crippen LogP contribution < -0.4 is 5.32 Å². The predicted octanol–water partition coefficient (Wildman–Crippen LogP) is 3.30. The van der Waals surface area contributed by atoms with E-state index in [0.29, 0.717) is 37.8 Å². The first-order valence-electron chi connectivity index (χ1n) is 15.4. The Morgan fingerprint density at radius 1 is 1.23 bits per heavy atom. The highest BCUT2D eigenvalue weighted by Gasteiger charge is 2.77. The molecule has 3 aliphatic heterocycles. The summed E-state index contributed by atoms with van der Waals surface area (Å²) in [7, 11) is 0. The Morgan fingerprint density at radius 3 is 2.59 bits per heavy atom. The molecule has 3 aliphatic rings. The van der Waals surface area contributed by atoms with Crippen LogP contribution >= 0.6 is 15.9 Å². The third-order valence-electron chi connectivity index (χ3n) is 8.82. The number of unbranched alkanes of at least 4 members (excludes halogenated alkanes) is 1. The van der Waals surface area contributed by atoms with Crippen molar-refractivity contribution < 1.29 is 33.8 Å². The first kappa shape index (κ1) is 33.9. The Labute approximate surface area is 267 Å². The number of hydrogen-bond acceptors (Lipinski definition) is 7. The van der Waals surface area contributed by atoms with E-state index in [1.807, 2.05) is 44.2 Å². The molecule has 1 unspecified atom stereocenters. The van der Waals surface area contributed by atoms with Crippen LogP contribution in [0.3, 0.4) is 0 Å². The van der Waals surface area contributed by atoms with Crippen molar-refractivity contribution in [3.8, 4) is 0 Å². The number of likely N-dealkylation sites (tertiary alicyclic amines) is 1. The second-order valence-electron chi connectivity index (χ2n) is 12.0. The number of amides is 3. The molecule has 4 rings (SSSR count). The van der Waals surface area contributed by atoms with E-state index < -0.39 is 41.7 Å². The molecule has 3 fully saturated rings. The van der Waals surface area contributed by atoms with Gasteiger partial charge in [-0.2, -0.15) is 0 Å². The van der Waals surface area contributed by atoms with Gasteiger partial charge in [0.2, 0.25) is 17.7 Å². The second kappa shape index (κ2) is 14.8. The minimum Gasteiger partial charge on any atom is -0.455 e. The summed E-state index contributed by atoms with van der Waals surface area (Å²) in [4.78, 5) is 57.9. The van der Waals surface area contributed by atoms with Crippen LogP contribution in [0.2, 0.25) is 0 Å². The summed E-state index contributed by atoms with van der Waals surface area (Å²) in [5, 5.41) is 12.3. The Bertz CT molecular complexity index is 1230. The summed E-state index contributed by atoms with van der Waals surface area (Å²) in [6.45, 7) is 11.8. The van der Waals surface area contributed by atoms with Crippen LogP contribution in [0.5, 0.6) is 0 Å². The van der Waals surface area contributed by atoms with Gasteiger partial charge in [-0.05, 0) is 45.1 Å². The number of carbonyl (C=O) groups is 4. The lowest BCUT2D eigenvalue weighted by Crippen LogP contribution is -2.58. The zero-order valence-corrected chi connectivity index (χ0v) is 27.1. The molecule has 11 heteroatoms. The number of ether oxygens (including phenoxy) is 2. The van der Waals surface area contributed by atoms with Crippen LogP contribution in [-0.2, 0) is 28.7 Å². The lowest BCUT2D eigenvalue weighted by Gasteiger charge is -2.38. The van der Waals surface area contributed by atoms with Gasteiger partial charge in [-0.15, -0.1) is 13.2 Å². The molecule has 3 heterocycles. The molecule has 1 spiro atoms. The number of hydrogen-bond donors (Lipinski definition) is 2. The molecule has 7 atom stereocenters. The quantitative estimate of drug-likeness (QED) is 0.119. The third-order valence-corrected chi connectivity index (χ3v) is 9.67. The molecular weight excluding hydrogens is 630 g/mol. The number of nitrogens with one attached hydrogen (secondary N) is 1. The molecular formula is C33H44BrN3O7. The van der Waals surface area contributed by atoms with Crippen LogP contribution in [0.15, 0.2) is 55.6 Å². The number of allylic oxidation sites excluding steroid dienone is 1. The molecule has 0 saturated carbocycles. The Morgan fingerprint density at radius 2 is 1.95 bits per heavy atom. The van der Waals surface area contributed by atoms with E-state index in [0.717, 1.165) is 0 Å². The molecule has 2 N–H and O–H groups in total. The fraction of sp³-hybridized carbons (Fsp3) is 0.576. The number of aliphatic hydroxyl groups excluding tert-OH is 1. The van der Waals surface area contributed by atoms with Crippen molar-refractivity contribution in [1.29, 1.82) is 0 Å². The van der Waals surface area contributed by atoms with Gasteiger partial charge in [0.1, 0.15) is 17.7 Å². The van der Waals surface area contributed by atoms with Crippen LogP contribution in [0.1, 0.15) is 57.6 Å². The van der Waals surface area contributed by atoms with Gasteiger partial charge in [0.15, 0.2) is 0 Å². The monoisotopic (exact) mass is 673 g/mol. The SMILES string of the molecule is C=CCCC(=O)NC[C@H](OC(=O)[C@@H]1[C@H]2O[C@@]3(CC2Br)[C@H](C(=O)N(CC=C)C(C)C)N(CCCCO)C(=O)[C@@H]13)c1ccccc1. The Hall–Kier alpha value is -3.02. The molecule has 2 bridgehead atoms. The molecule has 3 amide bonds. The van der Waals surface area contributed by atoms with Gasteiger partial charge >= 0.3 is 5.97 Å². The number of fused-ring (bicyclic) bond motifs is 1. The largest absolute Gasteiger partial charge is 0.455 e. The molecule has 1 aromatic carbocycles. The van der Waals surface area contributed by atoms with Crippen LogP contribution in [0.25, 0.3) is 0 Å². The summed E-state index contributed by atoms with van der Waals surface area (Å²) in [6.07, 6.45) is 3.99. The molecule has 0 aliphatic carbocycles. The summed E-state index contributed by atoms with van der Waals surface area (Å²) in [5.41, 5.74) is -0.516. The van der Waals surface area contributed by atoms with E-state index in [4.69, 9.17) is 9.47 Å². The van der Waals surface area contributed by atoms with Crippen molar-refractivity contribution in [3.05, 3.63) is 61.2 Å². The summed E-state index contributed by atoms with van der Waals surface area (Å²) >= 11 is 3.70. The number of aliphatic hydroxyl groups is 1. The second-order valence-corrected chi connectivity index (χ2v) is 13.1. The number of carbonyl (C=O) groups excluding carboxylic acids is 4. The Balaban J connectivity index is 1.65.